The third-order valence-electron chi connectivity index (χ3n) is 2.52. The Balaban J connectivity index is 0.00000225. The van der Waals surface area contributed by atoms with Crippen molar-refractivity contribution in [2.24, 2.45) is 11.7 Å². The molecule has 0 aromatic heterocycles. The highest BCUT2D eigenvalue weighted by atomic mass is 35.5. The van der Waals surface area contributed by atoms with Crippen LogP contribution in [0.1, 0.15) is 26.7 Å². The number of hydrogen-bond acceptors (Lipinski definition) is 2. The first-order chi connectivity index (χ1) is 6.66. The lowest BCUT2D eigenvalue weighted by atomic mass is 10.0. The van der Waals surface area contributed by atoms with Gasteiger partial charge in [-0.2, -0.15) is 13.2 Å². The van der Waals surface area contributed by atoms with Crippen molar-refractivity contribution in [1.29, 1.82) is 0 Å². The molecule has 0 saturated carbocycles. The quantitative estimate of drug-likeness (QED) is 0.845. The Kier molecular flexibility index (Phi) is 5.56. The third kappa shape index (κ3) is 6.55. The monoisotopic (exact) mass is 260 g/mol. The maximum absolute atomic E-state index is 12.1. The van der Waals surface area contributed by atoms with E-state index in [1.165, 1.54) is 0 Å². The Morgan fingerprint density at radius 2 is 1.88 bits per heavy atom. The van der Waals surface area contributed by atoms with Crippen LogP contribution in [0, 0.1) is 5.92 Å². The van der Waals surface area contributed by atoms with Crippen LogP contribution in [-0.2, 0) is 0 Å². The Hall–Kier alpha value is -0.0000000000000000555. The summed E-state index contributed by atoms with van der Waals surface area (Å²) in [4.78, 5) is 2.02. The van der Waals surface area contributed by atoms with Crippen LogP contribution in [0.4, 0.5) is 13.2 Å². The van der Waals surface area contributed by atoms with Gasteiger partial charge in [0.05, 0.1) is 0 Å². The molecule has 2 nitrogen and oxygen atoms in total. The van der Waals surface area contributed by atoms with Gasteiger partial charge >= 0.3 is 6.18 Å². The second-order valence-corrected chi connectivity index (χ2v) is 5.20. The van der Waals surface area contributed by atoms with Crippen LogP contribution in [0.15, 0.2) is 0 Å². The molecule has 1 rings (SSSR count). The van der Waals surface area contributed by atoms with E-state index in [2.05, 4.69) is 0 Å². The number of alkyl halides is 3. The average molecular weight is 261 g/mol. The normalized spacial score (nSPS) is 23.2. The molecule has 1 unspecified atom stereocenters. The van der Waals surface area contributed by atoms with Crippen molar-refractivity contribution in [3.63, 3.8) is 0 Å². The van der Waals surface area contributed by atoms with Crippen molar-refractivity contribution in [1.82, 2.24) is 4.90 Å². The first kappa shape index (κ1) is 16.0. The number of halogens is 4. The number of hydrogen-bond donors (Lipinski definition) is 1. The zero-order chi connectivity index (χ0) is 11.7. The van der Waals surface area contributed by atoms with Crippen molar-refractivity contribution < 1.29 is 13.2 Å². The van der Waals surface area contributed by atoms with Crippen LogP contribution in [0.25, 0.3) is 0 Å². The van der Waals surface area contributed by atoms with Gasteiger partial charge in [-0.3, -0.25) is 0 Å². The van der Waals surface area contributed by atoms with Crippen LogP contribution in [-0.4, -0.2) is 36.2 Å². The summed E-state index contributed by atoms with van der Waals surface area (Å²) in [6.45, 7) is 5.72. The molecule has 1 aliphatic rings. The van der Waals surface area contributed by atoms with Crippen LogP contribution in [0.2, 0.25) is 0 Å². The lowest BCUT2D eigenvalue weighted by Crippen LogP contribution is -2.44. The maximum Gasteiger partial charge on any atom is 0.389 e. The fraction of sp³-hybridized carbons (Fsp3) is 1.00. The summed E-state index contributed by atoms with van der Waals surface area (Å²) in [7, 11) is 0. The van der Waals surface area contributed by atoms with E-state index in [-0.39, 0.29) is 23.9 Å². The zero-order valence-corrected chi connectivity index (χ0v) is 10.5. The van der Waals surface area contributed by atoms with Crippen LogP contribution < -0.4 is 5.73 Å². The predicted octanol–water partition coefficient (Wildman–Crippen LogP) is 2.42. The topological polar surface area (TPSA) is 29.3 Å². The molecule has 1 saturated heterocycles. The van der Waals surface area contributed by atoms with Crippen molar-refractivity contribution in [3.05, 3.63) is 0 Å². The minimum Gasteiger partial charge on any atom is -0.324 e. The van der Waals surface area contributed by atoms with Gasteiger partial charge in [-0.15, -0.1) is 12.4 Å². The van der Waals surface area contributed by atoms with Gasteiger partial charge in [0.2, 0.25) is 0 Å². The van der Waals surface area contributed by atoms with Crippen molar-refractivity contribution in [2.75, 3.05) is 19.6 Å². The molecular formula is C10H20ClF3N2. The van der Waals surface area contributed by atoms with Gasteiger partial charge in [-0.1, -0.05) is 0 Å². The Bertz CT molecular complexity index is 191. The van der Waals surface area contributed by atoms with E-state index in [0.717, 1.165) is 6.54 Å². The number of likely N-dealkylation sites (tertiary alicyclic amines) is 1. The van der Waals surface area contributed by atoms with Crippen molar-refractivity contribution in [2.45, 2.75) is 38.4 Å². The maximum atomic E-state index is 12.1. The highest BCUT2D eigenvalue weighted by molar-refractivity contribution is 5.85. The van der Waals surface area contributed by atoms with E-state index in [9.17, 15) is 13.2 Å². The van der Waals surface area contributed by atoms with Gasteiger partial charge in [-0.05, 0) is 32.7 Å². The lowest BCUT2D eigenvalue weighted by molar-refractivity contribution is -0.143. The molecule has 98 valence electrons. The van der Waals surface area contributed by atoms with E-state index in [1.54, 1.807) is 0 Å². The van der Waals surface area contributed by atoms with Crippen molar-refractivity contribution in [3.8, 4) is 0 Å². The molecule has 0 radical (unpaired) electrons. The molecule has 0 spiro atoms. The molecule has 0 aromatic rings. The summed E-state index contributed by atoms with van der Waals surface area (Å²) in [6, 6.07) is 0. The van der Waals surface area contributed by atoms with Gasteiger partial charge in [0, 0.05) is 25.0 Å². The second-order valence-electron chi connectivity index (χ2n) is 5.20. The summed E-state index contributed by atoms with van der Waals surface area (Å²) in [5.41, 5.74) is 5.50. The molecule has 0 aromatic carbocycles. The van der Waals surface area contributed by atoms with E-state index in [4.69, 9.17) is 5.73 Å². The van der Waals surface area contributed by atoms with E-state index >= 15 is 0 Å². The highest BCUT2D eigenvalue weighted by Gasteiger charge is 2.35. The zero-order valence-electron chi connectivity index (χ0n) is 9.68. The van der Waals surface area contributed by atoms with Crippen LogP contribution in [0.3, 0.4) is 0 Å². The largest absolute Gasteiger partial charge is 0.389 e. The van der Waals surface area contributed by atoms with Gasteiger partial charge < -0.3 is 10.6 Å². The fourth-order valence-corrected chi connectivity index (χ4v) is 2.13. The van der Waals surface area contributed by atoms with E-state index in [0.29, 0.717) is 19.5 Å². The molecule has 16 heavy (non-hydrogen) atoms. The van der Waals surface area contributed by atoms with Gasteiger partial charge in [0.1, 0.15) is 0 Å². The smallest absolute Gasteiger partial charge is 0.324 e. The molecule has 0 bridgehead atoms. The van der Waals surface area contributed by atoms with Gasteiger partial charge in [0.25, 0.3) is 0 Å². The van der Waals surface area contributed by atoms with Gasteiger partial charge in [-0.25, -0.2) is 0 Å². The molecule has 0 aliphatic carbocycles. The number of nitrogens with two attached hydrogens (primary N) is 1. The minimum absolute atomic E-state index is 0. The van der Waals surface area contributed by atoms with Crippen LogP contribution in [0.5, 0.6) is 0 Å². The predicted molar refractivity (Wildman–Crippen MR) is 60.7 cm³/mol. The van der Waals surface area contributed by atoms with Crippen molar-refractivity contribution >= 4 is 12.4 Å². The average Bonchev–Trinajstić information content (AvgIpc) is 2.28. The minimum atomic E-state index is -4.03. The second kappa shape index (κ2) is 5.56. The fourth-order valence-electron chi connectivity index (χ4n) is 2.13. The van der Waals surface area contributed by atoms with E-state index < -0.39 is 12.6 Å². The summed E-state index contributed by atoms with van der Waals surface area (Å²) in [6.07, 6.45) is -4.05. The molecule has 1 atom stereocenters. The number of nitrogens with zero attached hydrogens (tertiary/aromatic N) is 1. The number of rotatable bonds is 3. The highest BCUT2D eigenvalue weighted by Crippen LogP contribution is 2.30. The van der Waals surface area contributed by atoms with E-state index in [1.807, 2.05) is 18.7 Å². The Morgan fingerprint density at radius 3 is 2.31 bits per heavy atom. The SMILES string of the molecule is CC(C)(N)CN1CCC(CC(F)(F)F)C1.Cl. The molecular weight excluding hydrogens is 241 g/mol. The molecule has 1 fully saturated rings. The lowest BCUT2D eigenvalue weighted by Gasteiger charge is -2.26. The summed E-state index contributed by atoms with van der Waals surface area (Å²) in [5.74, 6) is -0.243. The third-order valence-corrected chi connectivity index (χ3v) is 2.52. The van der Waals surface area contributed by atoms with Crippen LogP contribution >= 0.6 is 12.4 Å². The Morgan fingerprint density at radius 1 is 1.31 bits per heavy atom. The van der Waals surface area contributed by atoms with Gasteiger partial charge in [0.15, 0.2) is 0 Å². The molecule has 6 heteroatoms. The standard InChI is InChI=1S/C10H19F3N2.ClH/c1-9(2,14)7-15-4-3-8(6-15)5-10(11,12)13;/h8H,3-7,14H2,1-2H3;1H. The summed E-state index contributed by atoms with van der Waals surface area (Å²) in [5, 5.41) is 0. The first-order valence-electron chi connectivity index (χ1n) is 5.24. The summed E-state index contributed by atoms with van der Waals surface area (Å²) >= 11 is 0. The molecule has 0 amide bonds. The molecule has 1 heterocycles. The Labute approximate surface area is 101 Å². The molecule has 1 aliphatic heterocycles. The summed E-state index contributed by atoms with van der Waals surface area (Å²) < 4.78 is 36.4. The first-order valence-corrected chi connectivity index (χ1v) is 5.24. The molecule has 2 N–H and O–H groups in total.